The second kappa shape index (κ2) is 7.43. The molecule has 0 atom stereocenters. The third-order valence-corrected chi connectivity index (χ3v) is 4.27. The highest BCUT2D eigenvalue weighted by Gasteiger charge is 2.23. The first kappa shape index (κ1) is 18.2. The van der Waals surface area contributed by atoms with Gasteiger partial charge >= 0.3 is 0 Å². The summed E-state index contributed by atoms with van der Waals surface area (Å²) in [5, 5.41) is 19.4. The number of aromatic nitrogens is 3. The monoisotopic (exact) mass is 388 g/mol. The molecule has 0 spiro atoms. The normalized spacial score (nSPS) is 10.7. The quantitative estimate of drug-likeness (QED) is 0.290. The SMILES string of the molecule is O=C(c1ccccc1)c1nn(-c2ccc([N+](=O)[O-])cc2F)nc1-c1ccccc1. The lowest BCUT2D eigenvalue weighted by atomic mass is 10.0. The molecule has 4 rings (SSSR count). The van der Waals surface area contributed by atoms with Gasteiger partial charge in [-0.25, -0.2) is 4.39 Å². The number of hydrogen-bond acceptors (Lipinski definition) is 5. The van der Waals surface area contributed by atoms with E-state index < -0.39 is 10.7 Å². The Labute approximate surface area is 164 Å². The van der Waals surface area contributed by atoms with Gasteiger partial charge in [-0.2, -0.15) is 0 Å². The van der Waals surface area contributed by atoms with E-state index in [0.29, 0.717) is 11.1 Å². The summed E-state index contributed by atoms with van der Waals surface area (Å²) >= 11 is 0. The maximum absolute atomic E-state index is 14.5. The Morgan fingerprint density at radius 2 is 1.59 bits per heavy atom. The van der Waals surface area contributed by atoms with E-state index in [1.807, 2.05) is 6.07 Å². The lowest BCUT2D eigenvalue weighted by Crippen LogP contribution is -2.06. The molecule has 0 amide bonds. The lowest BCUT2D eigenvalue weighted by molar-refractivity contribution is -0.385. The maximum atomic E-state index is 14.5. The van der Waals surface area contributed by atoms with E-state index in [1.165, 1.54) is 6.07 Å². The molecule has 0 fully saturated rings. The van der Waals surface area contributed by atoms with Crippen LogP contribution < -0.4 is 0 Å². The van der Waals surface area contributed by atoms with Gasteiger partial charge in [0.1, 0.15) is 11.4 Å². The van der Waals surface area contributed by atoms with Crippen molar-refractivity contribution in [3.63, 3.8) is 0 Å². The van der Waals surface area contributed by atoms with Gasteiger partial charge in [0.25, 0.3) is 5.69 Å². The molecule has 0 radical (unpaired) electrons. The van der Waals surface area contributed by atoms with Crippen LogP contribution in [0.5, 0.6) is 0 Å². The minimum absolute atomic E-state index is 0.0557. The molecule has 29 heavy (non-hydrogen) atoms. The van der Waals surface area contributed by atoms with E-state index in [2.05, 4.69) is 10.2 Å². The van der Waals surface area contributed by atoms with E-state index >= 15 is 0 Å². The van der Waals surface area contributed by atoms with Crippen LogP contribution in [0.3, 0.4) is 0 Å². The fourth-order valence-corrected chi connectivity index (χ4v) is 2.86. The van der Waals surface area contributed by atoms with Crippen molar-refractivity contribution in [3.8, 4) is 16.9 Å². The highest BCUT2D eigenvalue weighted by molar-refractivity contribution is 6.10. The molecule has 8 heteroatoms. The first-order valence-electron chi connectivity index (χ1n) is 8.61. The molecule has 1 heterocycles. The Bertz CT molecular complexity index is 1210. The van der Waals surface area contributed by atoms with Gasteiger partial charge in [0.2, 0.25) is 5.78 Å². The van der Waals surface area contributed by atoms with Gasteiger partial charge in [-0.05, 0) is 6.07 Å². The summed E-state index contributed by atoms with van der Waals surface area (Å²) in [5.41, 5.74) is 0.917. The summed E-state index contributed by atoms with van der Waals surface area (Å²) in [7, 11) is 0. The molecule has 0 N–H and O–H groups in total. The molecule has 3 aromatic carbocycles. The number of nitrogens with zero attached hydrogens (tertiary/aromatic N) is 4. The van der Waals surface area contributed by atoms with Crippen LogP contribution in [0.1, 0.15) is 16.1 Å². The summed E-state index contributed by atoms with van der Waals surface area (Å²) in [5.74, 6) is -1.23. The second-order valence-corrected chi connectivity index (χ2v) is 6.14. The zero-order valence-corrected chi connectivity index (χ0v) is 14.9. The van der Waals surface area contributed by atoms with Crippen LogP contribution in [0, 0.1) is 15.9 Å². The van der Waals surface area contributed by atoms with Gasteiger partial charge in [0.15, 0.2) is 11.5 Å². The number of nitro groups is 1. The molecular formula is C21H13FN4O3. The van der Waals surface area contributed by atoms with Crippen molar-refractivity contribution in [2.24, 2.45) is 0 Å². The molecule has 0 saturated carbocycles. The molecule has 0 saturated heterocycles. The van der Waals surface area contributed by atoms with E-state index in [-0.39, 0.29) is 28.5 Å². The van der Waals surface area contributed by atoms with Crippen molar-refractivity contribution in [3.05, 3.63) is 106 Å². The Kier molecular flexibility index (Phi) is 4.66. The standard InChI is InChI=1S/C21H13FN4O3/c22-17-13-16(26(28)29)11-12-18(17)25-23-19(14-7-3-1-4-8-14)20(24-25)21(27)15-9-5-2-6-10-15/h1-13H. The predicted octanol–water partition coefficient (Wildman–Crippen LogP) is 4.21. The molecule has 4 aromatic rings. The highest BCUT2D eigenvalue weighted by Crippen LogP contribution is 2.25. The van der Waals surface area contributed by atoms with Gasteiger partial charge in [-0.3, -0.25) is 14.9 Å². The summed E-state index contributed by atoms with van der Waals surface area (Å²) in [6.07, 6.45) is 0. The number of benzene rings is 3. The smallest absolute Gasteiger partial charge is 0.272 e. The van der Waals surface area contributed by atoms with Gasteiger partial charge in [-0.15, -0.1) is 15.0 Å². The van der Waals surface area contributed by atoms with Crippen LogP contribution in [0.25, 0.3) is 16.9 Å². The summed E-state index contributed by atoms with van der Waals surface area (Å²) < 4.78 is 14.5. The lowest BCUT2D eigenvalue weighted by Gasteiger charge is -2.01. The molecule has 1 aromatic heterocycles. The fraction of sp³-hybridized carbons (Fsp3) is 0. The number of ketones is 1. The average molecular weight is 388 g/mol. The third-order valence-electron chi connectivity index (χ3n) is 4.27. The first-order chi connectivity index (χ1) is 14.0. The maximum Gasteiger partial charge on any atom is 0.272 e. The second-order valence-electron chi connectivity index (χ2n) is 6.14. The van der Waals surface area contributed by atoms with E-state index in [0.717, 1.165) is 16.9 Å². The summed E-state index contributed by atoms with van der Waals surface area (Å²) in [6, 6.07) is 20.7. The first-order valence-corrected chi connectivity index (χ1v) is 8.61. The van der Waals surface area contributed by atoms with Gasteiger partial charge in [-0.1, -0.05) is 60.7 Å². The van der Waals surface area contributed by atoms with E-state index in [4.69, 9.17) is 0 Å². The Morgan fingerprint density at radius 3 is 2.21 bits per heavy atom. The van der Waals surface area contributed by atoms with Gasteiger partial charge in [0.05, 0.1) is 11.0 Å². The summed E-state index contributed by atoms with van der Waals surface area (Å²) in [6.45, 7) is 0. The van der Waals surface area contributed by atoms with Crippen molar-refractivity contribution in [1.82, 2.24) is 15.0 Å². The van der Waals surface area contributed by atoms with Crippen LogP contribution in [-0.2, 0) is 0 Å². The molecular weight excluding hydrogens is 375 g/mol. The molecule has 0 aliphatic carbocycles. The number of carbonyl (C=O) groups is 1. The van der Waals surface area contributed by atoms with Gasteiger partial charge < -0.3 is 0 Å². The molecule has 0 unspecified atom stereocenters. The van der Waals surface area contributed by atoms with Crippen LogP contribution in [0.4, 0.5) is 10.1 Å². The minimum Gasteiger partial charge on any atom is -0.287 e. The molecule has 142 valence electrons. The largest absolute Gasteiger partial charge is 0.287 e. The highest BCUT2D eigenvalue weighted by atomic mass is 19.1. The van der Waals surface area contributed by atoms with Crippen LogP contribution in [0.15, 0.2) is 78.9 Å². The van der Waals surface area contributed by atoms with Crippen LogP contribution in [-0.4, -0.2) is 25.7 Å². The molecule has 0 aliphatic rings. The van der Waals surface area contributed by atoms with Crippen molar-refractivity contribution in [2.75, 3.05) is 0 Å². The number of halogens is 1. The van der Waals surface area contributed by atoms with Crippen molar-refractivity contribution in [1.29, 1.82) is 0 Å². The predicted molar refractivity (Wildman–Crippen MR) is 103 cm³/mol. The van der Waals surface area contributed by atoms with Crippen molar-refractivity contribution in [2.45, 2.75) is 0 Å². The Balaban J connectivity index is 1.86. The zero-order chi connectivity index (χ0) is 20.4. The zero-order valence-electron chi connectivity index (χ0n) is 14.9. The number of nitro benzene ring substituents is 1. The van der Waals surface area contributed by atoms with Crippen LogP contribution >= 0.6 is 0 Å². The van der Waals surface area contributed by atoms with E-state index in [1.54, 1.807) is 54.6 Å². The topological polar surface area (TPSA) is 90.9 Å². The van der Waals surface area contributed by atoms with Crippen molar-refractivity contribution >= 4 is 11.5 Å². The van der Waals surface area contributed by atoms with Gasteiger partial charge in [0, 0.05) is 17.2 Å². The van der Waals surface area contributed by atoms with Crippen LogP contribution in [0.2, 0.25) is 0 Å². The number of non-ortho nitro benzene ring substituents is 1. The number of rotatable bonds is 5. The minimum atomic E-state index is -0.868. The van der Waals surface area contributed by atoms with E-state index in [9.17, 15) is 19.3 Å². The summed E-state index contributed by atoms with van der Waals surface area (Å²) in [4.78, 5) is 24.2. The Hall–Kier alpha value is -4.20. The third kappa shape index (κ3) is 3.51. The number of carbonyl (C=O) groups excluding carboxylic acids is 1. The number of hydrogen-bond donors (Lipinski definition) is 0. The molecule has 7 nitrogen and oxygen atoms in total. The molecule has 0 bridgehead atoms. The molecule has 0 aliphatic heterocycles. The fourth-order valence-electron chi connectivity index (χ4n) is 2.86. The van der Waals surface area contributed by atoms with Crippen molar-refractivity contribution < 1.29 is 14.1 Å². The average Bonchev–Trinajstić information content (AvgIpc) is 3.19. The Morgan fingerprint density at radius 1 is 0.931 bits per heavy atom.